The van der Waals surface area contributed by atoms with Crippen LogP contribution in [0.2, 0.25) is 0 Å². The van der Waals surface area contributed by atoms with Gasteiger partial charge in [0.2, 0.25) is 0 Å². The highest BCUT2D eigenvalue weighted by Gasteiger charge is 2.37. The highest BCUT2D eigenvalue weighted by molar-refractivity contribution is 8.10. The van der Waals surface area contributed by atoms with Crippen molar-refractivity contribution in [1.29, 1.82) is 0 Å². The van der Waals surface area contributed by atoms with Crippen molar-refractivity contribution in [3.05, 3.63) is 0 Å². The van der Waals surface area contributed by atoms with Crippen molar-refractivity contribution in [3.63, 3.8) is 0 Å². The monoisotopic (exact) mass is 350 g/mol. The van der Waals surface area contributed by atoms with Gasteiger partial charge in [-0.05, 0) is 73.3 Å². The molecule has 22 heavy (non-hydrogen) atoms. The third-order valence-corrected chi connectivity index (χ3v) is 6.35. The van der Waals surface area contributed by atoms with Crippen molar-refractivity contribution in [2.45, 2.75) is 76.4 Å². The molecule has 7 heteroatoms. The maximum absolute atomic E-state index is 12.1. The smallest absolute Gasteiger partial charge is 0.410 e. The Balaban J connectivity index is 2.45. The molecule has 0 aromatic carbocycles. The Bertz CT molecular complexity index is 383. The van der Waals surface area contributed by atoms with E-state index in [1.165, 1.54) is 11.9 Å². The molecular formula is C15H30N2O3S2. The van der Waals surface area contributed by atoms with Gasteiger partial charge in [0.05, 0.1) is 11.4 Å². The number of piperidine rings is 1. The Morgan fingerprint density at radius 2 is 1.73 bits per heavy atom. The van der Waals surface area contributed by atoms with E-state index in [1.807, 2.05) is 41.5 Å². The van der Waals surface area contributed by atoms with Crippen LogP contribution in [0.3, 0.4) is 0 Å². The van der Waals surface area contributed by atoms with Crippen molar-refractivity contribution in [1.82, 2.24) is 9.03 Å². The number of nitrogens with one attached hydrogen (secondary N) is 1. The first-order valence-electron chi connectivity index (χ1n) is 7.66. The summed E-state index contributed by atoms with van der Waals surface area (Å²) in [5.74, 6) is 0. The number of carbonyl (C=O) groups excluding carboxylic acids is 1. The molecule has 0 aromatic heterocycles. The lowest BCUT2D eigenvalue weighted by atomic mass is 9.98. The van der Waals surface area contributed by atoms with Gasteiger partial charge >= 0.3 is 6.09 Å². The highest BCUT2D eigenvalue weighted by Crippen LogP contribution is 2.35. The number of likely N-dealkylation sites (tertiary alicyclic amines) is 1. The van der Waals surface area contributed by atoms with Crippen LogP contribution >= 0.6 is 11.9 Å². The van der Waals surface area contributed by atoms with Crippen molar-refractivity contribution in [2.24, 2.45) is 0 Å². The molecule has 0 bridgehead atoms. The van der Waals surface area contributed by atoms with Crippen LogP contribution in [0.15, 0.2) is 0 Å². The average molecular weight is 351 g/mol. The van der Waals surface area contributed by atoms with Crippen molar-refractivity contribution >= 4 is 29.4 Å². The van der Waals surface area contributed by atoms with E-state index in [2.05, 4.69) is 11.1 Å². The van der Waals surface area contributed by atoms with Gasteiger partial charge in [-0.3, -0.25) is 0 Å². The predicted molar refractivity (Wildman–Crippen MR) is 94.1 cm³/mol. The molecule has 1 N–H and O–H groups in total. The predicted octanol–water partition coefficient (Wildman–Crippen LogP) is 3.48. The van der Waals surface area contributed by atoms with E-state index in [-0.39, 0.29) is 15.6 Å². The van der Waals surface area contributed by atoms with Gasteiger partial charge in [0, 0.05) is 17.8 Å². The van der Waals surface area contributed by atoms with Gasteiger partial charge in [0.1, 0.15) is 10.3 Å². The van der Waals surface area contributed by atoms with Crippen molar-refractivity contribution < 1.29 is 14.1 Å². The molecule has 0 saturated carbocycles. The first-order chi connectivity index (χ1) is 9.82. The molecule has 1 atom stereocenters. The summed E-state index contributed by atoms with van der Waals surface area (Å²) in [5.41, 5.74) is -0.461. The molecular weight excluding hydrogens is 320 g/mol. The summed E-state index contributed by atoms with van der Waals surface area (Å²) in [7, 11) is 0. The van der Waals surface area contributed by atoms with Crippen LogP contribution in [0.4, 0.5) is 4.79 Å². The van der Waals surface area contributed by atoms with E-state index in [1.54, 1.807) is 4.90 Å². The normalized spacial score (nSPS) is 20.6. The second-order valence-corrected chi connectivity index (χ2v) is 11.6. The lowest BCUT2D eigenvalue weighted by Gasteiger charge is -2.39. The third kappa shape index (κ3) is 6.56. The summed E-state index contributed by atoms with van der Waals surface area (Å²) in [5, 5.41) is 0. The Hall–Kier alpha value is -0.110. The Kier molecular flexibility index (Phi) is 6.52. The fourth-order valence-corrected chi connectivity index (χ4v) is 4.35. The Morgan fingerprint density at radius 1 is 1.23 bits per heavy atom. The number of carbonyl (C=O) groups is 1. The van der Waals surface area contributed by atoms with E-state index < -0.39 is 17.0 Å². The Labute approximate surface area is 142 Å². The standard InChI is InChI=1S/C15H30N2O3S2/c1-13(2,3)20-12(18)17-10-8-15(7,9-11-17)21-16-22(19)14(4,5)6/h16H,8-11H2,1-7H3/t22-/m0/s1. The summed E-state index contributed by atoms with van der Waals surface area (Å²) in [6, 6.07) is 0. The minimum absolute atomic E-state index is 0.0145. The molecule has 0 aliphatic carbocycles. The fraction of sp³-hybridized carbons (Fsp3) is 0.933. The zero-order valence-corrected chi connectivity index (χ0v) is 16.4. The molecule has 1 saturated heterocycles. The molecule has 0 radical (unpaired) electrons. The summed E-state index contributed by atoms with van der Waals surface area (Å²) in [4.78, 5) is 13.8. The number of rotatable bonds is 3. The summed E-state index contributed by atoms with van der Waals surface area (Å²) < 4.78 is 20.3. The van der Waals surface area contributed by atoms with E-state index in [4.69, 9.17) is 4.74 Å². The van der Waals surface area contributed by atoms with Gasteiger partial charge in [0.25, 0.3) is 0 Å². The summed E-state index contributed by atoms with van der Waals surface area (Å²) in [6.45, 7) is 15.0. The van der Waals surface area contributed by atoms with Crippen LogP contribution in [0.25, 0.3) is 0 Å². The minimum atomic E-state index is -1.09. The van der Waals surface area contributed by atoms with Crippen LogP contribution in [-0.4, -0.2) is 43.7 Å². The minimum Gasteiger partial charge on any atom is -0.597 e. The average Bonchev–Trinajstić information content (AvgIpc) is 2.33. The molecule has 1 rings (SSSR count). The SMILES string of the molecule is CC(C)(C)OC(=O)N1CCC(C)(SN[S@@+]([O-])C(C)(C)C)CC1. The lowest BCUT2D eigenvalue weighted by Crippen LogP contribution is -2.47. The van der Waals surface area contributed by atoms with Gasteiger partial charge in [-0.2, -0.15) is 0 Å². The third-order valence-electron chi connectivity index (χ3n) is 3.39. The first kappa shape index (κ1) is 19.9. The van der Waals surface area contributed by atoms with Gasteiger partial charge in [-0.25, -0.2) is 4.79 Å². The van der Waals surface area contributed by atoms with E-state index in [0.29, 0.717) is 13.1 Å². The fourth-order valence-electron chi connectivity index (χ4n) is 1.85. The number of nitrogens with zero attached hydrogens (tertiary/aromatic N) is 1. The molecule has 130 valence electrons. The van der Waals surface area contributed by atoms with Crippen LogP contribution < -0.4 is 4.13 Å². The van der Waals surface area contributed by atoms with Crippen LogP contribution in [0, 0.1) is 0 Å². The van der Waals surface area contributed by atoms with Gasteiger partial charge in [-0.15, -0.1) is 0 Å². The van der Waals surface area contributed by atoms with E-state index in [0.717, 1.165) is 12.8 Å². The van der Waals surface area contributed by atoms with Crippen molar-refractivity contribution in [3.8, 4) is 0 Å². The van der Waals surface area contributed by atoms with E-state index in [9.17, 15) is 9.35 Å². The van der Waals surface area contributed by atoms with Gasteiger partial charge in [-0.1, -0.05) is 4.13 Å². The first-order valence-corrected chi connectivity index (χ1v) is 9.63. The van der Waals surface area contributed by atoms with Crippen LogP contribution in [-0.2, 0) is 16.1 Å². The van der Waals surface area contributed by atoms with E-state index >= 15 is 0 Å². The maximum atomic E-state index is 12.1. The van der Waals surface area contributed by atoms with Gasteiger partial charge < -0.3 is 14.2 Å². The molecule has 1 fully saturated rings. The Morgan fingerprint density at radius 3 is 2.14 bits per heavy atom. The second-order valence-electron chi connectivity index (χ2n) is 7.98. The maximum Gasteiger partial charge on any atom is 0.410 e. The molecule has 1 heterocycles. The second kappa shape index (κ2) is 7.20. The van der Waals surface area contributed by atoms with Crippen LogP contribution in [0.1, 0.15) is 61.3 Å². The van der Waals surface area contributed by atoms with Gasteiger partial charge in [0.15, 0.2) is 0 Å². The molecule has 0 spiro atoms. The molecule has 5 nitrogen and oxygen atoms in total. The zero-order chi connectivity index (χ0) is 17.2. The van der Waals surface area contributed by atoms with Crippen LogP contribution in [0.5, 0.6) is 0 Å². The molecule has 1 amide bonds. The largest absolute Gasteiger partial charge is 0.597 e. The highest BCUT2D eigenvalue weighted by atomic mass is 32.3. The topological polar surface area (TPSA) is 64.6 Å². The number of hydrogen-bond donors (Lipinski definition) is 1. The zero-order valence-electron chi connectivity index (χ0n) is 14.8. The molecule has 0 unspecified atom stereocenters. The molecule has 1 aliphatic rings. The molecule has 0 aromatic rings. The number of amides is 1. The van der Waals surface area contributed by atoms with Crippen molar-refractivity contribution in [2.75, 3.05) is 13.1 Å². The summed E-state index contributed by atoms with van der Waals surface area (Å²) >= 11 is 0.445. The number of hydrogen-bond acceptors (Lipinski definition) is 5. The lowest BCUT2D eigenvalue weighted by molar-refractivity contribution is 0.0201. The number of ether oxygens (including phenoxy) is 1. The quantitative estimate of drug-likeness (QED) is 0.623. The summed E-state index contributed by atoms with van der Waals surface area (Å²) in [6.07, 6.45) is 1.46. The molecule has 1 aliphatic heterocycles.